The van der Waals surface area contributed by atoms with Gasteiger partial charge in [-0.25, -0.2) is 4.79 Å². The quantitative estimate of drug-likeness (QED) is 0.377. The SMILES string of the molecule is COC(=O)/C(C#N)=C1/NC[C@@H]2CCCN2C1=O. The lowest BCUT2D eigenvalue weighted by atomic mass is 10.1. The maximum atomic E-state index is 12.1. The number of nitrogens with one attached hydrogen (secondary N) is 1. The van der Waals surface area contributed by atoms with E-state index in [0.29, 0.717) is 13.1 Å². The predicted molar refractivity (Wildman–Crippen MR) is 57.4 cm³/mol. The molecule has 1 N–H and O–H groups in total. The van der Waals surface area contributed by atoms with Gasteiger partial charge in [-0.2, -0.15) is 5.26 Å². The van der Waals surface area contributed by atoms with Crippen LogP contribution >= 0.6 is 0 Å². The van der Waals surface area contributed by atoms with Gasteiger partial charge in [-0.1, -0.05) is 0 Å². The summed E-state index contributed by atoms with van der Waals surface area (Å²) in [6.07, 6.45) is 1.93. The molecule has 6 nitrogen and oxygen atoms in total. The molecular formula is C11H13N3O3. The smallest absolute Gasteiger partial charge is 0.350 e. The molecule has 0 aromatic rings. The van der Waals surface area contributed by atoms with E-state index in [1.165, 1.54) is 7.11 Å². The largest absolute Gasteiger partial charge is 0.465 e. The van der Waals surface area contributed by atoms with Crippen molar-refractivity contribution in [3.8, 4) is 6.07 Å². The minimum atomic E-state index is -0.777. The number of hydrogen-bond donors (Lipinski definition) is 1. The lowest BCUT2D eigenvalue weighted by molar-refractivity contribution is -0.137. The summed E-state index contributed by atoms with van der Waals surface area (Å²) in [7, 11) is 1.19. The molecule has 2 rings (SSSR count). The summed E-state index contributed by atoms with van der Waals surface area (Å²) in [5.41, 5.74) is -0.180. The van der Waals surface area contributed by atoms with Gasteiger partial charge in [0.05, 0.1) is 7.11 Å². The van der Waals surface area contributed by atoms with Crippen molar-refractivity contribution in [2.24, 2.45) is 0 Å². The Morgan fingerprint density at radius 1 is 1.65 bits per heavy atom. The fourth-order valence-electron chi connectivity index (χ4n) is 2.26. The van der Waals surface area contributed by atoms with Crippen LogP contribution in [0.5, 0.6) is 0 Å². The van der Waals surface area contributed by atoms with E-state index >= 15 is 0 Å². The van der Waals surface area contributed by atoms with Crippen molar-refractivity contribution in [3.63, 3.8) is 0 Å². The molecule has 1 atom stereocenters. The van der Waals surface area contributed by atoms with E-state index in [-0.39, 0.29) is 23.2 Å². The first kappa shape index (κ1) is 11.5. The van der Waals surface area contributed by atoms with Crippen LogP contribution in [-0.2, 0) is 14.3 Å². The van der Waals surface area contributed by atoms with Crippen LogP contribution in [0.2, 0.25) is 0 Å². The van der Waals surface area contributed by atoms with Crippen molar-refractivity contribution in [1.29, 1.82) is 5.26 Å². The average molecular weight is 235 g/mol. The summed E-state index contributed by atoms with van der Waals surface area (Å²) in [6, 6.07) is 1.91. The third-order valence-corrected chi connectivity index (χ3v) is 3.12. The number of carbonyl (C=O) groups is 2. The number of nitrogens with zero attached hydrogens (tertiary/aromatic N) is 2. The number of ether oxygens (including phenoxy) is 1. The van der Waals surface area contributed by atoms with Gasteiger partial charge in [-0.3, -0.25) is 4.79 Å². The van der Waals surface area contributed by atoms with Crippen LogP contribution in [0.3, 0.4) is 0 Å². The number of carbonyl (C=O) groups excluding carboxylic acids is 2. The second-order valence-electron chi connectivity index (χ2n) is 4.03. The molecule has 0 aliphatic carbocycles. The highest BCUT2D eigenvalue weighted by Gasteiger charge is 2.37. The molecule has 2 aliphatic heterocycles. The molecule has 90 valence electrons. The van der Waals surface area contributed by atoms with E-state index in [0.717, 1.165) is 12.8 Å². The lowest BCUT2D eigenvalue weighted by Gasteiger charge is -2.32. The number of methoxy groups -OCH3 is 1. The topological polar surface area (TPSA) is 82.4 Å². The van der Waals surface area contributed by atoms with Crippen LogP contribution in [0, 0.1) is 11.3 Å². The molecular weight excluding hydrogens is 222 g/mol. The highest BCUT2D eigenvalue weighted by molar-refractivity contribution is 6.05. The first-order valence-corrected chi connectivity index (χ1v) is 5.46. The molecule has 6 heteroatoms. The first-order valence-electron chi connectivity index (χ1n) is 5.46. The van der Waals surface area contributed by atoms with Crippen LogP contribution in [0.15, 0.2) is 11.3 Å². The van der Waals surface area contributed by atoms with Gasteiger partial charge in [0.15, 0.2) is 5.57 Å². The minimum absolute atomic E-state index is 0.0671. The molecule has 2 aliphatic rings. The summed E-state index contributed by atoms with van der Waals surface area (Å²) in [5.74, 6) is -1.05. The van der Waals surface area contributed by atoms with Gasteiger partial charge in [-0.15, -0.1) is 0 Å². The second kappa shape index (κ2) is 4.45. The Balaban J connectivity index is 2.33. The number of esters is 1. The third-order valence-electron chi connectivity index (χ3n) is 3.12. The molecule has 0 saturated carbocycles. The number of hydrogen-bond acceptors (Lipinski definition) is 5. The van der Waals surface area contributed by atoms with Gasteiger partial charge in [-0.05, 0) is 12.8 Å². The molecule has 1 amide bonds. The summed E-state index contributed by atoms with van der Waals surface area (Å²) < 4.78 is 4.49. The van der Waals surface area contributed by atoms with E-state index in [2.05, 4.69) is 10.1 Å². The van der Waals surface area contributed by atoms with Crippen molar-refractivity contribution in [2.75, 3.05) is 20.2 Å². The zero-order valence-corrected chi connectivity index (χ0v) is 9.52. The Bertz CT molecular complexity index is 436. The number of piperazine rings is 1. The number of rotatable bonds is 1. The number of fused-ring (bicyclic) bond motifs is 1. The third kappa shape index (κ3) is 1.84. The Morgan fingerprint density at radius 3 is 3.06 bits per heavy atom. The molecule has 0 aromatic heterocycles. The van der Waals surface area contributed by atoms with Crippen molar-refractivity contribution >= 4 is 11.9 Å². The maximum absolute atomic E-state index is 12.1. The highest BCUT2D eigenvalue weighted by Crippen LogP contribution is 2.23. The summed E-state index contributed by atoms with van der Waals surface area (Å²) in [4.78, 5) is 25.2. The molecule has 0 unspecified atom stereocenters. The second-order valence-corrected chi connectivity index (χ2v) is 4.03. The van der Waals surface area contributed by atoms with E-state index in [1.54, 1.807) is 11.0 Å². The van der Waals surface area contributed by atoms with Crippen LogP contribution in [-0.4, -0.2) is 43.0 Å². The maximum Gasteiger partial charge on any atom is 0.350 e. The molecule has 0 bridgehead atoms. The number of nitriles is 1. The fourth-order valence-corrected chi connectivity index (χ4v) is 2.26. The molecule has 2 saturated heterocycles. The Labute approximate surface area is 98.8 Å². The van der Waals surface area contributed by atoms with Crippen molar-refractivity contribution < 1.29 is 14.3 Å². The van der Waals surface area contributed by atoms with Crippen LogP contribution in [0.4, 0.5) is 0 Å². The average Bonchev–Trinajstić information content (AvgIpc) is 2.81. The van der Waals surface area contributed by atoms with E-state index < -0.39 is 5.97 Å². The molecule has 0 radical (unpaired) electrons. The van der Waals surface area contributed by atoms with Gasteiger partial charge in [0, 0.05) is 19.1 Å². The lowest BCUT2D eigenvalue weighted by Crippen LogP contribution is -2.51. The zero-order chi connectivity index (χ0) is 12.4. The Morgan fingerprint density at radius 2 is 2.41 bits per heavy atom. The minimum Gasteiger partial charge on any atom is -0.465 e. The van der Waals surface area contributed by atoms with Crippen LogP contribution < -0.4 is 5.32 Å². The van der Waals surface area contributed by atoms with Gasteiger partial charge in [0.1, 0.15) is 11.8 Å². The molecule has 0 spiro atoms. The van der Waals surface area contributed by atoms with E-state index in [4.69, 9.17) is 5.26 Å². The summed E-state index contributed by atoms with van der Waals surface area (Å²) in [6.45, 7) is 1.28. The van der Waals surface area contributed by atoms with Gasteiger partial charge in [0.2, 0.25) is 0 Å². The van der Waals surface area contributed by atoms with E-state index in [1.807, 2.05) is 0 Å². The monoisotopic (exact) mass is 235 g/mol. The zero-order valence-electron chi connectivity index (χ0n) is 9.52. The van der Waals surface area contributed by atoms with Crippen molar-refractivity contribution in [1.82, 2.24) is 10.2 Å². The Hall–Kier alpha value is -2.03. The normalized spacial score (nSPS) is 25.8. The van der Waals surface area contributed by atoms with Gasteiger partial charge in [0.25, 0.3) is 5.91 Å². The van der Waals surface area contributed by atoms with Gasteiger partial charge >= 0.3 is 5.97 Å². The van der Waals surface area contributed by atoms with Crippen LogP contribution in [0.25, 0.3) is 0 Å². The Kier molecular flexibility index (Phi) is 3.00. The summed E-state index contributed by atoms with van der Waals surface area (Å²) >= 11 is 0. The molecule has 17 heavy (non-hydrogen) atoms. The van der Waals surface area contributed by atoms with E-state index in [9.17, 15) is 9.59 Å². The van der Waals surface area contributed by atoms with Crippen LogP contribution in [0.1, 0.15) is 12.8 Å². The van der Waals surface area contributed by atoms with Crippen molar-refractivity contribution in [2.45, 2.75) is 18.9 Å². The highest BCUT2D eigenvalue weighted by atomic mass is 16.5. The van der Waals surface area contributed by atoms with Gasteiger partial charge < -0.3 is 15.0 Å². The molecule has 2 heterocycles. The molecule has 2 fully saturated rings. The fraction of sp³-hybridized carbons (Fsp3) is 0.545. The predicted octanol–water partition coefficient (Wildman–Crippen LogP) is -0.469. The summed E-state index contributed by atoms with van der Waals surface area (Å²) in [5, 5.41) is 11.8. The number of amides is 1. The first-order chi connectivity index (χ1) is 8.19. The molecule has 0 aromatic carbocycles. The van der Waals surface area contributed by atoms with Crippen molar-refractivity contribution in [3.05, 3.63) is 11.3 Å². The standard InChI is InChI=1S/C11H13N3O3/c1-17-11(16)8(5-12)9-10(15)14-4-2-3-7(14)6-13-9/h7,13H,2-4,6H2,1H3/b9-8+/t7-/m0/s1.